The van der Waals surface area contributed by atoms with E-state index in [0.29, 0.717) is 10.4 Å². The van der Waals surface area contributed by atoms with Gasteiger partial charge in [-0.3, -0.25) is 9.59 Å². The van der Waals surface area contributed by atoms with Gasteiger partial charge in [-0.15, -0.1) is 34.0 Å². The Morgan fingerprint density at radius 2 is 1.89 bits per heavy atom. The first kappa shape index (κ1) is 24.8. The van der Waals surface area contributed by atoms with Gasteiger partial charge in [-0.2, -0.15) is 0 Å². The average molecular weight is 543 g/mol. The topological polar surface area (TPSA) is 120 Å². The summed E-state index contributed by atoms with van der Waals surface area (Å²) in [5, 5.41) is 19.3. The zero-order valence-corrected chi connectivity index (χ0v) is 21.9. The van der Waals surface area contributed by atoms with Gasteiger partial charge in [-0.05, 0) is 69.0 Å². The number of nitrogens with zero attached hydrogens (tertiary/aromatic N) is 1. The van der Waals surface area contributed by atoms with Crippen molar-refractivity contribution < 1.29 is 19.5 Å². The van der Waals surface area contributed by atoms with Crippen LogP contribution in [-0.2, 0) is 11.2 Å². The predicted octanol–water partition coefficient (Wildman–Crippen LogP) is 4.12. The first-order valence-corrected chi connectivity index (χ1v) is 14.3. The Hall–Kier alpha value is -2.86. The Bertz CT molecular complexity index is 1340. The highest BCUT2D eigenvalue weighted by atomic mass is 32.2. The smallest absolute Gasteiger partial charge is 0.328 e. The molecule has 0 radical (unpaired) electrons. The summed E-state index contributed by atoms with van der Waals surface area (Å²) in [4.78, 5) is 43.1. The molecule has 4 heterocycles. The van der Waals surface area contributed by atoms with Crippen LogP contribution in [-0.4, -0.2) is 53.6 Å². The van der Waals surface area contributed by atoms with Gasteiger partial charge in [0.15, 0.2) is 5.01 Å². The molecule has 1 aliphatic heterocycles. The molecule has 0 spiro atoms. The summed E-state index contributed by atoms with van der Waals surface area (Å²) in [5.41, 5.74) is 0.680. The first-order chi connectivity index (χ1) is 17.5. The number of fused-ring (bicyclic) bond motifs is 2. The standard InChI is InChI=1S/C25H26N4O4S3/c30-21(20-12-15-11-16(34-25(15)36-20)6-5-14-7-9-26-10-8-14)27-13-18(24(32)33)28-22(31)23-29-17-3-1-2-4-19(17)35-23/h1-4,11-12,14,18,26H,5-10,13H2,(H,27,30)(H,28,31)(H,32,33)/t18-/m0/s1. The second kappa shape index (κ2) is 11.0. The molecule has 2 amide bonds. The first-order valence-electron chi connectivity index (χ1n) is 11.9. The lowest BCUT2D eigenvalue weighted by Crippen LogP contribution is -2.48. The van der Waals surface area contributed by atoms with Gasteiger partial charge in [0.25, 0.3) is 11.8 Å². The second-order valence-electron chi connectivity index (χ2n) is 8.86. The normalized spacial score (nSPS) is 15.2. The van der Waals surface area contributed by atoms with E-state index >= 15 is 0 Å². The van der Waals surface area contributed by atoms with Crippen molar-refractivity contribution in [2.75, 3.05) is 19.6 Å². The summed E-state index contributed by atoms with van der Waals surface area (Å²) >= 11 is 4.33. The van der Waals surface area contributed by atoms with Crippen molar-refractivity contribution in [3.8, 4) is 0 Å². The van der Waals surface area contributed by atoms with Crippen LogP contribution in [0.3, 0.4) is 0 Å². The molecule has 5 rings (SSSR count). The van der Waals surface area contributed by atoms with Gasteiger partial charge in [0.2, 0.25) is 0 Å². The SMILES string of the molecule is O=C(NC[C@H](NC(=O)c1nc2ccccc2s1)C(=O)O)c1cc2cc(CCC3CCNCC3)sc2s1. The van der Waals surface area contributed by atoms with E-state index in [4.69, 9.17) is 0 Å². The lowest BCUT2D eigenvalue weighted by atomic mass is 9.93. The Balaban J connectivity index is 1.16. The Kier molecular flexibility index (Phi) is 7.61. The van der Waals surface area contributed by atoms with Crippen LogP contribution >= 0.6 is 34.0 Å². The number of thiophene rings is 2. The maximum Gasteiger partial charge on any atom is 0.328 e. The van der Waals surface area contributed by atoms with Crippen LogP contribution in [0, 0.1) is 5.92 Å². The molecule has 1 aromatic carbocycles. The molecule has 1 fully saturated rings. The van der Waals surface area contributed by atoms with Gasteiger partial charge in [-0.1, -0.05) is 12.1 Å². The fourth-order valence-electron chi connectivity index (χ4n) is 4.31. The molecule has 0 unspecified atom stereocenters. The maximum absolute atomic E-state index is 12.7. The van der Waals surface area contributed by atoms with Crippen LogP contribution in [0.5, 0.6) is 0 Å². The van der Waals surface area contributed by atoms with Crippen molar-refractivity contribution in [2.45, 2.75) is 31.7 Å². The highest BCUT2D eigenvalue weighted by Crippen LogP contribution is 2.35. The molecule has 11 heteroatoms. The zero-order valence-electron chi connectivity index (χ0n) is 19.4. The lowest BCUT2D eigenvalue weighted by molar-refractivity contribution is -0.139. The van der Waals surface area contributed by atoms with Crippen molar-refractivity contribution >= 4 is 71.4 Å². The van der Waals surface area contributed by atoms with Crippen LogP contribution in [0.1, 0.15) is 43.6 Å². The number of piperidine rings is 1. The molecule has 1 aliphatic rings. The van der Waals surface area contributed by atoms with Gasteiger partial charge < -0.3 is 21.1 Å². The molecule has 188 valence electrons. The highest BCUT2D eigenvalue weighted by molar-refractivity contribution is 7.39. The van der Waals surface area contributed by atoms with Gasteiger partial charge >= 0.3 is 5.97 Å². The molecule has 4 aromatic rings. The molecule has 3 aromatic heterocycles. The summed E-state index contributed by atoms with van der Waals surface area (Å²) in [6.45, 7) is 1.99. The molecule has 0 aliphatic carbocycles. The number of benzene rings is 1. The van der Waals surface area contributed by atoms with E-state index in [1.165, 1.54) is 46.8 Å². The van der Waals surface area contributed by atoms with Crippen LogP contribution < -0.4 is 16.0 Å². The molecular weight excluding hydrogens is 517 g/mol. The van der Waals surface area contributed by atoms with E-state index < -0.39 is 17.9 Å². The van der Waals surface area contributed by atoms with E-state index in [1.807, 2.05) is 24.3 Å². The van der Waals surface area contributed by atoms with Crippen molar-refractivity contribution in [2.24, 2.45) is 5.92 Å². The number of thiazole rings is 1. The van der Waals surface area contributed by atoms with E-state index in [9.17, 15) is 19.5 Å². The Morgan fingerprint density at radius 1 is 1.08 bits per heavy atom. The minimum absolute atomic E-state index is 0.184. The Labute approximate surface area is 219 Å². The van der Waals surface area contributed by atoms with Crippen molar-refractivity contribution in [1.29, 1.82) is 0 Å². The molecule has 1 atom stereocenters. The number of carbonyl (C=O) groups is 3. The number of hydrogen-bond donors (Lipinski definition) is 4. The van der Waals surface area contributed by atoms with Crippen molar-refractivity contribution in [3.05, 3.63) is 51.2 Å². The number of nitrogens with one attached hydrogen (secondary N) is 3. The fourth-order valence-corrected chi connectivity index (χ4v) is 7.61. The van der Waals surface area contributed by atoms with Crippen LogP contribution in [0.2, 0.25) is 0 Å². The molecule has 0 bridgehead atoms. The molecule has 0 saturated carbocycles. The number of hydrogen-bond acceptors (Lipinski definition) is 8. The van der Waals surface area contributed by atoms with Crippen LogP contribution in [0.4, 0.5) is 0 Å². The quantitative estimate of drug-likeness (QED) is 0.253. The average Bonchev–Trinajstić information content (AvgIpc) is 3.58. The molecule has 4 N–H and O–H groups in total. The number of carbonyl (C=O) groups excluding carboxylic acids is 2. The summed E-state index contributed by atoms with van der Waals surface area (Å²) in [6.07, 6.45) is 4.74. The fraction of sp³-hybridized carbons (Fsp3) is 0.360. The number of para-hydroxylation sites is 1. The lowest BCUT2D eigenvalue weighted by Gasteiger charge is -2.22. The molecule has 36 heavy (non-hydrogen) atoms. The third-order valence-corrected chi connectivity index (χ3v) is 9.79. The van der Waals surface area contributed by atoms with Gasteiger partial charge in [-0.25, -0.2) is 9.78 Å². The van der Waals surface area contributed by atoms with Crippen molar-refractivity contribution in [3.63, 3.8) is 0 Å². The molecular formula is C25H26N4O4S3. The predicted molar refractivity (Wildman–Crippen MR) is 144 cm³/mol. The maximum atomic E-state index is 12.7. The van der Waals surface area contributed by atoms with Crippen LogP contribution in [0.15, 0.2) is 36.4 Å². The van der Waals surface area contributed by atoms with E-state index in [-0.39, 0.29) is 17.5 Å². The van der Waals surface area contributed by atoms with E-state index in [0.717, 1.165) is 39.5 Å². The summed E-state index contributed by atoms with van der Waals surface area (Å²) < 4.78 is 1.94. The van der Waals surface area contributed by atoms with Gasteiger partial charge in [0, 0.05) is 16.8 Å². The summed E-state index contributed by atoms with van der Waals surface area (Å²) in [7, 11) is 0. The van der Waals surface area contributed by atoms with Crippen LogP contribution in [0.25, 0.3) is 19.6 Å². The third-order valence-electron chi connectivity index (χ3n) is 6.31. The van der Waals surface area contributed by atoms with Gasteiger partial charge in [0.05, 0.1) is 19.1 Å². The monoisotopic (exact) mass is 542 g/mol. The minimum atomic E-state index is -1.27. The summed E-state index contributed by atoms with van der Waals surface area (Å²) in [6, 6.07) is 10.1. The van der Waals surface area contributed by atoms with Gasteiger partial charge in [0.1, 0.15) is 6.04 Å². The number of aromatic nitrogens is 1. The number of aliphatic carboxylic acids is 1. The van der Waals surface area contributed by atoms with Crippen molar-refractivity contribution in [1.82, 2.24) is 20.9 Å². The third kappa shape index (κ3) is 5.75. The molecule has 1 saturated heterocycles. The number of carboxylic acids is 1. The largest absolute Gasteiger partial charge is 0.480 e. The second-order valence-corrected chi connectivity index (χ2v) is 12.3. The number of rotatable bonds is 9. The van der Waals surface area contributed by atoms with E-state index in [2.05, 4.69) is 27.0 Å². The zero-order chi connectivity index (χ0) is 25.1. The summed E-state index contributed by atoms with van der Waals surface area (Å²) in [5.74, 6) is -1.37. The molecule has 8 nitrogen and oxygen atoms in total. The number of carboxylic acid groups (broad SMARTS) is 1. The minimum Gasteiger partial charge on any atom is -0.480 e. The number of amides is 2. The Morgan fingerprint density at radius 3 is 2.64 bits per heavy atom. The number of aryl methyl sites for hydroxylation is 1. The highest BCUT2D eigenvalue weighted by Gasteiger charge is 2.24. The van der Waals surface area contributed by atoms with E-state index in [1.54, 1.807) is 17.4 Å².